The van der Waals surface area contributed by atoms with Crippen LogP contribution in [0.1, 0.15) is 0 Å². The van der Waals surface area contributed by atoms with Crippen LogP contribution in [-0.2, 0) is 16.3 Å². The standard InChI is InChI=1S/C5H9Cl2O2PS/c1-2-3-10(8,11)9-4-5(6)7/h2,5H,1,3-4H2,(H,8,11). The fraction of sp³-hybridized carbons (Fsp3) is 0.600. The van der Waals surface area contributed by atoms with Gasteiger partial charge in [0.15, 0.2) is 6.49 Å². The second kappa shape index (κ2) is 5.52. The summed E-state index contributed by atoms with van der Waals surface area (Å²) in [5, 5.41) is 0. The highest BCUT2D eigenvalue weighted by molar-refractivity contribution is 8.09. The van der Waals surface area contributed by atoms with Crippen LogP contribution in [-0.4, -0.2) is 22.5 Å². The van der Waals surface area contributed by atoms with Gasteiger partial charge < -0.3 is 9.42 Å². The molecule has 0 aliphatic carbocycles. The lowest BCUT2D eigenvalue weighted by Gasteiger charge is -2.13. The zero-order valence-electron chi connectivity index (χ0n) is 5.74. The first kappa shape index (κ1) is 11.9. The van der Waals surface area contributed by atoms with E-state index >= 15 is 0 Å². The van der Waals surface area contributed by atoms with Crippen molar-refractivity contribution in [2.24, 2.45) is 0 Å². The van der Waals surface area contributed by atoms with Crippen LogP contribution >= 0.6 is 29.7 Å². The van der Waals surface area contributed by atoms with Gasteiger partial charge in [0.1, 0.15) is 4.84 Å². The molecular weight excluding hydrogens is 226 g/mol. The molecule has 2 nitrogen and oxygen atoms in total. The lowest BCUT2D eigenvalue weighted by Crippen LogP contribution is -2.01. The first-order valence-corrected chi connectivity index (χ1v) is 6.56. The van der Waals surface area contributed by atoms with E-state index in [9.17, 15) is 4.89 Å². The third-order valence-corrected chi connectivity index (χ3v) is 3.05. The van der Waals surface area contributed by atoms with E-state index in [0.717, 1.165) is 0 Å². The molecule has 0 saturated heterocycles. The van der Waals surface area contributed by atoms with E-state index in [4.69, 9.17) is 39.5 Å². The molecular formula is C5H9Cl2O2PS. The Bertz CT molecular complexity index is 174. The van der Waals surface area contributed by atoms with Gasteiger partial charge in [0.25, 0.3) is 0 Å². The Hall–Kier alpha value is 0.890. The van der Waals surface area contributed by atoms with Gasteiger partial charge in [-0.2, -0.15) is 0 Å². The maximum Gasteiger partial charge on any atom is 0.189 e. The quantitative estimate of drug-likeness (QED) is 0.450. The number of hydrogen-bond acceptors (Lipinski definition) is 2. The fourth-order valence-corrected chi connectivity index (χ4v) is 2.00. The van der Waals surface area contributed by atoms with E-state index in [0.29, 0.717) is 0 Å². The van der Waals surface area contributed by atoms with E-state index in [1.54, 1.807) is 0 Å². The fourth-order valence-electron chi connectivity index (χ4n) is 0.389. The Labute approximate surface area is 81.3 Å². The van der Waals surface area contributed by atoms with E-state index in [-0.39, 0.29) is 12.8 Å². The summed E-state index contributed by atoms with van der Waals surface area (Å²) < 4.78 is 4.88. The maximum absolute atomic E-state index is 9.28. The van der Waals surface area contributed by atoms with Crippen LogP contribution in [0.15, 0.2) is 12.7 Å². The first-order valence-electron chi connectivity index (χ1n) is 2.83. The van der Waals surface area contributed by atoms with Crippen LogP contribution < -0.4 is 0 Å². The van der Waals surface area contributed by atoms with Crippen molar-refractivity contribution in [3.63, 3.8) is 0 Å². The molecule has 6 heteroatoms. The molecule has 0 rings (SSSR count). The summed E-state index contributed by atoms with van der Waals surface area (Å²) in [6.07, 6.45) is 1.79. The summed E-state index contributed by atoms with van der Waals surface area (Å²) in [6, 6.07) is 0. The second-order valence-electron chi connectivity index (χ2n) is 1.80. The zero-order valence-corrected chi connectivity index (χ0v) is 8.97. The monoisotopic (exact) mass is 234 g/mol. The molecule has 11 heavy (non-hydrogen) atoms. The van der Waals surface area contributed by atoms with Crippen molar-refractivity contribution in [2.45, 2.75) is 4.84 Å². The minimum Gasteiger partial charge on any atom is -0.345 e. The number of hydrogen-bond donors (Lipinski definition) is 1. The van der Waals surface area contributed by atoms with Gasteiger partial charge in [-0.05, 0) is 11.8 Å². The molecule has 0 spiro atoms. The van der Waals surface area contributed by atoms with Gasteiger partial charge >= 0.3 is 0 Å². The largest absolute Gasteiger partial charge is 0.345 e. The minimum absolute atomic E-state index is 0.0602. The van der Waals surface area contributed by atoms with Gasteiger partial charge in [-0.1, -0.05) is 6.08 Å². The molecule has 0 aliphatic heterocycles. The molecule has 0 aromatic carbocycles. The van der Waals surface area contributed by atoms with Crippen molar-refractivity contribution in [3.8, 4) is 0 Å². The van der Waals surface area contributed by atoms with E-state index < -0.39 is 11.3 Å². The van der Waals surface area contributed by atoms with Crippen LogP contribution in [0.2, 0.25) is 0 Å². The topological polar surface area (TPSA) is 29.5 Å². The third-order valence-electron chi connectivity index (χ3n) is 0.762. The van der Waals surface area contributed by atoms with Crippen LogP contribution in [0.4, 0.5) is 0 Å². The lowest BCUT2D eigenvalue weighted by atomic mass is 10.8. The summed E-state index contributed by atoms with van der Waals surface area (Å²) in [5.41, 5.74) is 0. The van der Waals surface area contributed by atoms with Crippen LogP contribution in [0.25, 0.3) is 0 Å². The van der Waals surface area contributed by atoms with Crippen LogP contribution in [0.3, 0.4) is 0 Å². The SMILES string of the molecule is C=CCP(O)(=S)OCC(Cl)Cl. The molecule has 1 N–H and O–H groups in total. The van der Waals surface area contributed by atoms with Gasteiger partial charge in [-0.25, -0.2) is 0 Å². The molecule has 0 aromatic heterocycles. The Morgan fingerprint density at radius 2 is 2.27 bits per heavy atom. The predicted molar refractivity (Wildman–Crippen MR) is 53.0 cm³/mol. The van der Waals surface area contributed by atoms with Gasteiger partial charge in [-0.3, -0.25) is 0 Å². The predicted octanol–water partition coefficient (Wildman–Crippen LogP) is 2.29. The maximum atomic E-state index is 9.28. The molecule has 0 radical (unpaired) electrons. The van der Waals surface area contributed by atoms with E-state index in [1.165, 1.54) is 6.08 Å². The second-order valence-corrected chi connectivity index (χ2v) is 6.68. The van der Waals surface area contributed by atoms with Crippen molar-refractivity contribution < 1.29 is 9.42 Å². The van der Waals surface area contributed by atoms with Crippen LogP contribution in [0.5, 0.6) is 0 Å². The molecule has 0 saturated carbocycles. The highest BCUT2D eigenvalue weighted by Gasteiger charge is 2.12. The highest BCUT2D eigenvalue weighted by Crippen LogP contribution is 2.42. The molecule has 0 aromatic rings. The minimum atomic E-state index is -2.70. The highest BCUT2D eigenvalue weighted by atomic mass is 35.5. The van der Waals surface area contributed by atoms with Crippen molar-refractivity contribution >= 4 is 41.5 Å². The smallest absolute Gasteiger partial charge is 0.189 e. The summed E-state index contributed by atoms with van der Waals surface area (Å²) >= 11 is 15.4. The van der Waals surface area contributed by atoms with E-state index in [1.807, 2.05) is 0 Å². The van der Waals surface area contributed by atoms with Crippen molar-refractivity contribution in [2.75, 3.05) is 12.8 Å². The number of rotatable bonds is 5. The Morgan fingerprint density at radius 1 is 1.73 bits per heavy atom. The Morgan fingerprint density at radius 3 is 2.64 bits per heavy atom. The summed E-state index contributed by atoms with van der Waals surface area (Å²) in [7, 11) is 0. The Kier molecular flexibility index (Phi) is 5.97. The first-order chi connectivity index (χ1) is 4.98. The summed E-state index contributed by atoms with van der Waals surface area (Å²) in [6.45, 7) is 0.788. The lowest BCUT2D eigenvalue weighted by molar-refractivity contribution is 0.324. The van der Waals surface area contributed by atoms with Crippen LogP contribution in [0, 0.1) is 0 Å². The normalized spacial score (nSPS) is 16.4. The molecule has 0 heterocycles. The molecule has 0 amide bonds. The molecule has 1 unspecified atom stereocenters. The van der Waals surface area contributed by atoms with Crippen molar-refractivity contribution in [3.05, 3.63) is 12.7 Å². The average Bonchev–Trinajstić information content (AvgIpc) is 1.84. The van der Waals surface area contributed by atoms with Gasteiger partial charge in [0, 0.05) is 6.16 Å². The molecule has 0 fully saturated rings. The van der Waals surface area contributed by atoms with Crippen molar-refractivity contribution in [1.29, 1.82) is 0 Å². The molecule has 0 bridgehead atoms. The van der Waals surface area contributed by atoms with Gasteiger partial charge in [0.05, 0.1) is 6.61 Å². The molecule has 66 valence electrons. The van der Waals surface area contributed by atoms with Gasteiger partial charge in [-0.15, -0.1) is 29.8 Å². The summed E-state index contributed by atoms with van der Waals surface area (Å²) in [5.74, 6) is 0. The Balaban J connectivity index is 3.73. The third kappa shape index (κ3) is 7.26. The number of allylic oxidation sites excluding steroid dienone is 1. The zero-order chi connectivity index (χ0) is 8.91. The summed E-state index contributed by atoms with van der Waals surface area (Å²) in [4.78, 5) is 8.63. The van der Waals surface area contributed by atoms with E-state index in [2.05, 4.69) is 6.58 Å². The molecule has 1 atom stereocenters. The number of alkyl halides is 2. The van der Waals surface area contributed by atoms with Gasteiger partial charge in [0.2, 0.25) is 0 Å². The van der Waals surface area contributed by atoms with Crippen molar-refractivity contribution in [1.82, 2.24) is 0 Å². The molecule has 0 aliphatic rings. The number of halogens is 2. The average molecular weight is 235 g/mol.